The molecule has 6 aliphatic rings. The largest absolute Gasteiger partial charge is 0.417 e. The highest BCUT2D eigenvalue weighted by Gasteiger charge is 2.55. The number of carbonyl (C=O) groups is 1. The molecule has 0 amide bonds. The first kappa shape index (κ1) is 74.2. The number of ether oxygens (including phenoxy) is 8. The smallest absolute Gasteiger partial charge is 0.191 e. The number of nitrogens with two attached hydrogens (primary N) is 1. The van der Waals surface area contributed by atoms with Crippen LogP contribution in [0.4, 0.5) is 0 Å². The zero-order valence-electron chi connectivity index (χ0n) is 49.7. The standard InChI is InChI=1S/C30H59NO11Si.C21H40N2O10.C3H6O.CH4/c1-10-18-19(32)20(33)21(34)28(40-18)41-24-16(2)14-17(12-11-13-39-43(8,9)29(3,4)5)25(22(24)35)42-27-23(36)26(31-7)30(6,37)15-38-27;1-5-10-11(24)12(25)13(26)20(31-10)32-16-8(2)6-9(22)17(14(16)27)33-19-15(28)18(23-4)21(3,29)7-30-19;1-2-3-4;/h16-28,31-37H,10-15H2,1-9H3;8-20,23-29H,5-7,22H2,1-4H3;3H,2H2,1H3;1H4/t16-,17+,18+,19+,20-,21+,22-,23+,24?,25-,26+,27+,28+,30-;8-,9+,10+,11+,12-,13+,14-,15+,16?,17-,18+,19+,20+,21-;;/m00../s1. The number of likely N-dealkylation sites (N-methyl/N-ethyl adjacent to an activating group) is 2. The molecule has 0 bridgehead atoms. The third kappa shape index (κ3) is 18.0. The van der Waals surface area contributed by atoms with Crippen LogP contribution in [-0.4, -0.2) is 262 Å². The summed E-state index contributed by atoms with van der Waals surface area (Å²) in [6, 6.07) is -2.06. The monoisotopic (exact) mass is 1190 g/mol. The molecule has 0 aromatic carbocycles. The van der Waals surface area contributed by atoms with Crippen molar-refractivity contribution in [1.29, 1.82) is 0 Å². The van der Waals surface area contributed by atoms with Crippen LogP contribution in [0.5, 0.6) is 0 Å². The molecule has 0 radical (unpaired) electrons. The topological polar surface area (TPSA) is 393 Å². The highest BCUT2D eigenvalue weighted by molar-refractivity contribution is 6.74. The van der Waals surface area contributed by atoms with E-state index >= 15 is 0 Å². The summed E-state index contributed by atoms with van der Waals surface area (Å²) in [7, 11) is 1.31. The van der Waals surface area contributed by atoms with Gasteiger partial charge < -0.3 is 125 Å². The van der Waals surface area contributed by atoms with Crippen molar-refractivity contribution in [3.05, 3.63) is 0 Å². The SMILES string of the molecule is C.CCC=O.CC[C@H]1O[C@H](OC2[C@@H](C)C[C@@H](CCCO[Si](C)(C)C(C)(C)C)[C@H](O[C@H]3OC[C@](C)(O)[C@H](NC)[C@H]3O)[C@H]2O)[C@H](O)[C@@H](O)[C@@H]1O.CC[C@H]1O[C@H](OC2[C@@H](C)C[C@@H](N)[C@H](O[C@H]3OC[C@](C)(O)[C@H](NC)[C@H]3O)[C@H]2O)[C@H](O)[C@@H](O)[C@@H]1O. The summed E-state index contributed by atoms with van der Waals surface area (Å²) in [4.78, 5) is 9.17. The summed E-state index contributed by atoms with van der Waals surface area (Å²) in [5.74, 6) is -0.561. The molecule has 26 heteroatoms. The number of rotatable bonds is 18. The molecular formula is C55H109N3O22Si. The maximum absolute atomic E-state index is 11.7. The van der Waals surface area contributed by atoms with E-state index in [1.807, 2.05) is 20.8 Å². The van der Waals surface area contributed by atoms with Gasteiger partial charge in [-0.2, -0.15) is 0 Å². The van der Waals surface area contributed by atoms with E-state index in [-0.39, 0.29) is 43.4 Å². The Bertz CT molecular complexity index is 1820. The van der Waals surface area contributed by atoms with Crippen LogP contribution in [0.2, 0.25) is 18.1 Å². The van der Waals surface area contributed by atoms with Crippen molar-refractivity contribution in [2.24, 2.45) is 23.5 Å². The number of hydrogen-bond acceptors (Lipinski definition) is 25. The fraction of sp³-hybridized carbons (Fsp3) is 0.982. The second-order valence-corrected chi connectivity index (χ2v) is 29.8. The molecule has 0 aromatic rings. The molecule has 2 unspecified atom stereocenters. The van der Waals surface area contributed by atoms with Crippen LogP contribution >= 0.6 is 0 Å². The second-order valence-electron chi connectivity index (χ2n) is 25.0. The number of aliphatic hydroxyl groups excluding tert-OH is 10. The molecule has 4 heterocycles. The lowest BCUT2D eigenvalue weighted by atomic mass is 9.74. The maximum atomic E-state index is 11.7. The molecule has 0 aromatic heterocycles. The van der Waals surface area contributed by atoms with Crippen molar-refractivity contribution in [3.63, 3.8) is 0 Å². The van der Waals surface area contributed by atoms with Crippen molar-refractivity contribution in [1.82, 2.24) is 10.6 Å². The van der Waals surface area contributed by atoms with E-state index in [2.05, 4.69) is 44.5 Å². The number of hydrogen-bond donors (Lipinski definition) is 15. The summed E-state index contributed by atoms with van der Waals surface area (Å²) >= 11 is 0. The van der Waals surface area contributed by atoms with E-state index in [4.69, 9.17) is 48.1 Å². The number of nitrogens with one attached hydrogen (secondary N) is 2. The van der Waals surface area contributed by atoms with Crippen LogP contribution < -0.4 is 16.4 Å². The van der Waals surface area contributed by atoms with Gasteiger partial charge in [0.05, 0.1) is 55.8 Å². The molecule has 480 valence electrons. The molecule has 25 nitrogen and oxygen atoms in total. The highest BCUT2D eigenvalue weighted by atomic mass is 28.4. The fourth-order valence-electron chi connectivity index (χ4n) is 11.5. The molecular weight excluding hydrogens is 1080 g/mol. The molecule has 6 fully saturated rings. The van der Waals surface area contributed by atoms with Gasteiger partial charge in [-0.15, -0.1) is 0 Å². The van der Waals surface area contributed by atoms with Crippen LogP contribution in [-0.2, 0) is 47.1 Å². The zero-order valence-corrected chi connectivity index (χ0v) is 50.7. The number of aliphatic hydroxyl groups is 12. The third-order valence-electron chi connectivity index (χ3n) is 17.4. The van der Waals surface area contributed by atoms with Crippen LogP contribution in [0.15, 0.2) is 0 Å². The fourth-order valence-corrected chi connectivity index (χ4v) is 12.6. The van der Waals surface area contributed by atoms with Crippen LogP contribution in [0.1, 0.15) is 122 Å². The predicted molar refractivity (Wildman–Crippen MR) is 298 cm³/mol. The van der Waals surface area contributed by atoms with E-state index in [1.165, 1.54) is 6.92 Å². The third-order valence-corrected chi connectivity index (χ3v) is 22.0. The first-order chi connectivity index (χ1) is 37.2. The Kier molecular flexibility index (Phi) is 29.0. The van der Waals surface area contributed by atoms with Gasteiger partial charge in [0.1, 0.15) is 84.6 Å². The van der Waals surface area contributed by atoms with Crippen LogP contribution in [0, 0.1) is 17.8 Å². The van der Waals surface area contributed by atoms with Crippen molar-refractivity contribution in [2.75, 3.05) is 33.9 Å². The van der Waals surface area contributed by atoms with E-state index in [0.717, 1.165) is 12.7 Å². The van der Waals surface area contributed by atoms with E-state index in [9.17, 15) is 66.1 Å². The molecule has 2 aliphatic carbocycles. The van der Waals surface area contributed by atoms with Crippen LogP contribution in [0.3, 0.4) is 0 Å². The highest BCUT2D eigenvalue weighted by Crippen LogP contribution is 2.42. The summed E-state index contributed by atoms with van der Waals surface area (Å²) in [6.07, 6.45) is -18.4. The van der Waals surface area contributed by atoms with Gasteiger partial charge in [-0.25, -0.2) is 0 Å². The quantitative estimate of drug-likeness (QED) is 0.0437. The molecule has 0 spiro atoms. The van der Waals surface area contributed by atoms with Gasteiger partial charge in [-0.05, 0) is 102 Å². The molecule has 4 saturated heterocycles. The Morgan fingerprint density at radius 2 is 0.988 bits per heavy atom. The summed E-state index contributed by atoms with van der Waals surface area (Å²) in [5, 5.41) is 133. The first-order valence-electron chi connectivity index (χ1n) is 28.8. The maximum Gasteiger partial charge on any atom is 0.191 e. The lowest BCUT2D eigenvalue weighted by molar-refractivity contribution is -0.338. The second kappa shape index (κ2) is 31.7. The minimum absolute atomic E-state index is 0. The Labute approximate surface area is 481 Å². The summed E-state index contributed by atoms with van der Waals surface area (Å²) in [5.41, 5.74) is 3.61. The van der Waals surface area contributed by atoms with Gasteiger partial charge >= 0.3 is 0 Å². The van der Waals surface area contributed by atoms with E-state index in [0.29, 0.717) is 45.1 Å². The average molecular weight is 1190 g/mol. The average Bonchev–Trinajstić information content (AvgIpc) is 3.40. The molecule has 81 heavy (non-hydrogen) atoms. The van der Waals surface area contributed by atoms with Gasteiger partial charge in [-0.3, -0.25) is 0 Å². The lowest BCUT2D eigenvalue weighted by Crippen LogP contribution is -2.67. The molecule has 16 N–H and O–H groups in total. The molecule has 28 atom stereocenters. The number of carbonyl (C=O) groups excluding carboxylic acids is 1. The van der Waals surface area contributed by atoms with Gasteiger partial charge in [0.2, 0.25) is 0 Å². The molecule has 6 rings (SSSR count). The van der Waals surface area contributed by atoms with Gasteiger partial charge in [0.15, 0.2) is 33.5 Å². The first-order valence-corrected chi connectivity index (χ1v) is 31.7. The van der Waals surface area contributed by atoms with Crippen molar-refractivity contribution >= 4 is 14.6 Å². The molecule has 2 saturated carbocycles. The minimum atomic E-state index is -1.93. The van der Waals surface area contributed by atoms with Gasteiger partial charge in [-0.1, -0.05) is 62.8 Å². The minimum Gasteiger partial charge on any atom is -0.417 e. The molecule has 4 aliphatic heterocycles. The number of aldehydes is 1. The van der Waals surface area contributed by atoms with Crippen molar-refractivity contribution < 1.29 is 108 Å². The lowest BCUT2D eigenvalue weighted by Gasteiger charge is -2.49. The van der Waals surface area contributed by atoms with Gasteiger partial charge in [0.25, 0.3) is 0 Å². The Hall–Kier alpha value is -1.07. The van der Waals surface area contributed by atoms with E-state index in [1.54, 1.807) is 34.9 Å². The normalized spacial score (nSPS) is 46.0. The Morgan fingerprint density at radius 1 is 0.605 bits per heavy atom. The zero-order chi connectivity index (χ0) is 60.6. The summed E-state index contributed by atoms with van der Waals surface area (Å²) < 4.78 is 53.4. The summed E-state index contributed by atoms with van der Waals surface area (Å²) in [6.45, 7) is 23.7. The Morgan fingerprint density at radius 3 is 1.37 bits per heavy atom. The van der Waals surface area contributed by atoms with Crippen LogP contribution in [0.25, 0.3) is 0 Å². The predicted octanol–water partition coefficient (Wildman–Crippen LogP) is -1.16. The van der Waals surface area contributed by atoms with E-state index < -0.39 is 160 Å². The Balaban J connectivity index is 0.000000405. The van der Waals surface area contributed by atoms with Gasteiger partial charge in [0, 0.05) is 19.1 Å². The van der Waals surface area contributed by atoms with Crippen molar-refractivity contribution in [3.8, 4) is 0 Å². The van der Waals surface area contributed by atoms with Crippen molar-refractivity contribution in [2.45, 2.75) is 292 Å².